The molecule has 3 rings (SSSR count). The van der Waals surface area contributed by atoms with Crippen LogP contribution in [0.25, 0.3) is 0 Å². The maximum Gasteiger partial charge on any atom is 0.255 e. The Balaban J connectivity index is 1.67. The van der Waals surface area contributed by atoms with Crippen LogP contribution >= 0.6 is 23.2 Å². The number of aromatic nitrogens is 1. The van der Waals surface area contributed by atoms with Crippen LogP contribution in [-0.2, 0) is 0 Å². The van der Waals surface area contributed by atoms with Crippen LogP contribution in [0.15, 0.2) is 60.8 Å². The highest BCUT2D eigenvalue weighted by Crippen LogP contribution is 2.25. The highest BCUT2D eigenvalue weighted by atomic mass is 35.5. The zero-order valence-electron chi connectivity index (χ0n) is 12.7. The van der Waals surface area contributed by atoms with Crippen LogP contribution in [0, 0.1) is 0 Å². The Morgan fingerprint density at radius 1 is 1.04 bits per heavy atom. The third-order valence-corrected chi connectivity index (χ3v) is 3.96. The number of benzene rings is 2. The molecule has 5 nitrogen and oxygen atoms in total. The summed E-state index contributed by atoms with van der Waals surface area (Å²) in [5, 5.41) is 12.8. The summed E-state index contributed by atoms with van der Waals surface area (Å²) in [5.41, 5.74) is 0.883. The minimum atomic E-state index is -0.331. The van der Waals surface area contributed by atoms with Crippen molar-refractivity contribution in [3.05, 3.63) is 76.4 Å². The first-order chi connectivity index (χ1) is 12.0. The molecule has 2 N–H and O–H groups in total. The molecule has 7 heteroatoms. The quantitative estimate of drug-likeness (QED) is 0.663. The van der Waals surface area contributed by atoms with Gasteiger partial charge in [-0.15, -0.1) is 0 Å². The molecule has 0 saturated carbocycles. The molecule has 1 heterocycles. The van der Waals surface area contributed by atoms with Gasteiger partial charge in [0.2, 0.25) is 5.88 Å². The highest BCUT2D eigenvalue weighted by Gasteiger charge is 2.09. The highest BCUT2D eigenvalue weighted by molar-refractivity contribution is 6.42. The number of carbonyl (C=O) groups excluding carboxylic acids is 1. The Morgan fingerprint density at radius 3 is 2.56 bits per heavy atom. The van der Waals surface area contributed by atoms with E-state index in [0.717, 1.165) is 0 Å². The Labute approximate surface area is 153 Å². The van der Waals surface area contributed by atoms with Gasteiger partial charge in [-0.3, -0.25) is 4.79 Å². The van der Waals surface area contributed by atoms with E-state index in [9.17, 15) is 9.90 Å². The van der Waals surface area contributed by atoms with Crippen LogP contribution in [0.3, 0.4) is 0 Å². The lowest BCUT2D eigenvalue weighted by molar-refractivity contribution is 0.102. The van der Waals surface area contributed by atoms with Gasteiger partial charge in [-0.05, 0) is 36.4 Å². The standard InChI is InChI=1S/C18H12Cl2N2O3/c19-15-6-4-11(8-16(15)20)18(24)22-12-5-7-17(21-10-12)25-14-3-1-2-13(23)9-14/h1-10,23H,(H,22,24). The van der Waals surface area contributed by atoms with E-state index in [1.54, 1.807) is 42.5 Å². The van der Waals surface area contributed by atoms with Crippen molar-refractivity contribution < 1.29 is 14.6 Å². The second kappa shape index (κ2) is 7.42. The average molecular weight is 375 g/mol. The lowest BCUT2D eigenvalue weighted by Crippen LogP contribution is -2.12. The second-order valence-electron chi connectivity index (χ2n) is 5.07. The van der Waals surface area contributed by atoms with Crippen LogP contribution in [-0.4, -0.2) is 16.0 Å². The monoisotopic (exact) mass is 374 g/mol. The van der Waals surface area contributed by atoms with Crippen LogP contribution in [0.5, 0.6) is 17.4 Å². The number of anilines is 1. The summed E-state index contributed by atoms with van der Waals surface area (Å²) in [6, 6.07) is 14.3. The summed E-state index contributed by atoms with van der Waals surface area (Å²) in [6.07, 6.45) is 1.47. The fourth-order valence-electron chi connectivity index (χ4n) is 2.02. The van der Waals surface area contributed by atoms with E-state index in [-0.39, 0.29) is 11.7 Å². The van der Waals surface area contributed by atoms with Gasteiger partial charge in [-0.25, -0.2) is 4.98 Å². The summed E-state index contributed by atoms with van der Waals surface area (Å²) in [7, 11) is 0. The largest absolute Gasteiger partial charge is 0.508 e. The number of phenols is 1. The summed E-state index contributed by atoms with van der Waals surface area (Å²) in [6.45, 7) is 0. The first-order valence-corrected chi connectivity index (χ1v) is 7.96. The second-order valence-corrected chi connectivity index (χ2v) is 5.88. The van der Waals surface area contributed by atoms with Crippen LogP contribution in [0.1, 0.15) is 10.4 Å². The molecule has 0 spiro atoms. The molecule has 0 fully saturated rings. The lowest BCUT2D eigenvalue weighted by Gasteiger charge is -2.08. The number of ether oxygens (including phenoxy) is 1. The fourth-order valence-corrected chi connectivity index (χ4v) is 2.32. The number of carbonyl (C=O) groups is 1. The van der Waals surface area contributed by atoms with Gasteiger partial charge in [0, 0.05) is 17.7 Å². The molecule has 0 unspecified atom stereocenters. The van der Waals surface area contributed by atoms with Crippen LogP contribution in [0.4, 0.5) is 5.69 Å². The first-order valence-electron chi connectivity index (χ1n) is 7.20. The maximum atomic E-state index is 12.2. The maximum absolute atomic E-state index is 12.2. The summed E-state index contributed by atoms with van der Waals surface area (Å²) >= 11 is 11.7. The van der Waals surface area contributed by atoms with E-state index in [4.69, 9.17) is 27.9 Å². The molecule has 0 radical (unpaired) electrons. The van der Waals surface area contributed by atoms with Crippen molar-refractivity contribution in [2.24, 2.45) is 0 Å². The molecule has 25 heavy (non-hydrogen) atoms. The zero-order valence-corrected chi connectivity index (χ0v) is 14.3. The molecule has 0 aliphatic carbocycles. The number of amides is 1. The Kier molecular flexibility index (Phi) is 5.07. The molecule has 0 aliphatic heterocycles. The van der Waals surface area contributed by atoms with Crippen molar-refractivity contribution in [2.75, 3.05) is 5.32 Å². The molecule has 0 atom stereocenters. The molecule has 0 aliphatic rings. The Hall–Kier alpha value is -2.76. The fraction of sp³-hybridized carbons (Fsp3) is 0. The molecule has 0 saturated heterocycles. The molecular weight excluding hydrogens is 363 g/mol. The third-order valence-electron chi connectivity index (χ3n) is 3.22. The molecular formula is C18H12Cl2N2O3. The van der Waals surface area contributed by atoms with Crippen molar-refractivity contribution in [3.63, 3.8) is 0 Å². The Morgan fingerprint density at radius 2 is 1.88 bits per heavy atom. The summed E-state index contributed by atoms with van der Waals surface area (Å²) in [4.78, 5) is 16.3. The van der Waals surface area contributed by atoms with Gasteiger partial charge in [0.15, 0.2) is 0 Å². The van der Waals surface area contributed by atoms with E-state index < -0.39 is 0 Å². The van der Waals surface area contributed by atoms with Gasteiger partial charge in [0.05, 0.1) is 21.9 Å². The molecule has 126 valence electrons. The van der Waals surface area contributed by atoms with Gasteiger partial charge < -0.3 is 15.2 Å². The van der Waals surface area contributed by atoms with Crippen molar-refractivity contribution in [2.45, 2.75) is 0 Å². The molecule has 1 aromatic heterocycles. The summed E-state index contributed by atoms with van der Waals surface area (Å²) in [5.74, 6) is 0.559. The molecule has 1 amide bonds. The Bertz CT molecular complexity index is 914. The third kappa shape index (κ3) is 4.41. The van der Waals surface area contributed by atoms with Gasteiger partial charge >= 0.3 is 0 Å². The number of nitrogens with zero attached hydrogens (tertiary/aromatic N) is 1. The summed E-state index contributed by atoms with van der Waals surface area (Å²) < 4.78 is 5.52. The average Bonchev–Trinajstić information content (AvgIpc) is 2.59. The van der Waals surface area contributed by atoms with E-state index in [0.29, 0.717) is 32.9 Å². The first kappa shape index (κ1) is 17.1. The predicted molar refractivity (Wildman–Crippen MR) is 96.8 cm³/mol. The number of hydrogen-bond donors (Lipinski definition) is 2. The molecule has 0 bridgehead atoms. The number of halogens is 2. The van der Waals surface area contributed by atoms with Crippen LogP contribution in [0.2, 0.25) is 10.0 Å². The number of phenolic OH excluding ortho intramolecular Hbond substituents is 1. The predicted octanol–water partition coefficient (Wildman–Crippen LogP) is 5.14. The van der Waals surface area contributed by atoms with Gasteiger partial charge in [-0.2, -0.15) is 0 Å². The van der Waals surface area contributed by atoms with Crippen molar-refractivity contribution in [1.29, 1.82) is 0 Å². The van der Waals surface area contributed by atoms with E-state index in [2.05, 4.69) is 10.3 Å². The smallest absolute Gasteiger partial charge is 0.255 e. The normalized spacial score (nSPS) is 10.3. The van der Waals surface area contributed by atoms with Crippen molar-refractivity contribution in [3.8, 4) is 17.4 Å². The topological polar surface area (TPSA) is 71.5 Å². The van der Waals surface area contributed by atoms with Gasteiger partial charge in [0.25, 0.3) is 5.91 Å². The number of hydrogen-bond acceptors (Lipinski definition) is 4. The van der Waals surface area contributed by atoms with E-state index in [1.807, 2.05) is 0 Å². The SMILES string of the molecule is O=C(Nc1ccc(Oc2cccc(O)c2)nc1)c1ccc(Cl)c(Cl)c1. The zero-order chi connectivity index (χ0) is 17.8. The number of pyridine rings is 1. The van der Waals surface area contributed by atoms with Gasteiger partial charge in [0.1, 0.15) is 11.5 Å². The van der Waals surface area contributed by atoms with Gasteiger partial charge in [-0.1, -0.05) is 29.3 Å². The van der Waals surface area contributed by atoms with E-state index >= 15 is 0 Å². The number of aromatic hydroxyl groups is 1. The number of nitrogens with one attached hydrogen (secondary N) is 1. The van der Waals surface area contributed by atoms with E-state index in [1.165, 1.54) is 18.3 Å². The minimum Gasteiger partial charge on any atom is -0.508 e. The minimum absolute atomic E-state index is 0.100. The lowest BCUT2D eigenvalue weighted by atomic mass is 10.2. The number of rotatable bonds is 4. The van der Waals surface area contributed by atoms with Crippen molar-refractivity contribution >= 4 is 34.8 Å². The van der Waals surface area contributed by atoms with Crippen LogP contribution < -0.4 is 10.1 Å². The molecule has 2 aromatic carbocycles. The van der Waals surface area contributed by atoms with Crippen molar-refractivity contribution in [1.82, 2.24) is 4.98 Å². The molecule has 3 aromatic rings.